The van der Waals surface area contributed by atoms with E-state index in [9.17, 15) is 30.4 Å². The van der Waals surface area contributed by atoms with Crippen LogP contribution in [0.5, 0.6) is 11.5 Å². The second-order valence-electron chi connectivity index (χ2n) is 8.98. The quantitative estimate of drug-likeness (QED) is 0.196. The van der Waals surface area contributed by atoms with Crippen molar-refractivity contribution in [1.29, 1.82) is 0 Å². The van der Waals surface area contributed by atoms with Gasteiger partial charge in [0.15, 0.2) is 0 Å². The minimum atomic E-state index is -0.437. The van der Waals surface area contributed by atoms with Crippen LogP contribution in [0.4, 0.5) is 11.4 Å². The van der Waals surface area contributed by atoms with Crippen LogP contribution in [-0.4, -0.2) is 20.1 Å². The molecule has 2 N–H and O–H groups in total. The van der Waals surface area contributed by atoms with Crippen molar-refractivity contribution < 1.29 is 20.1 Å². The number of rotatable bonds is 10. The van der Waals surface area contributed by atoms with Gasteiger partial charge in [-0.25, -0.2) is 0 Å². The van der Waals surface area contributed by atoms with Gasteiger partial charge in [0, 0.05) is 37.1 Å². The van der Waals surface area contributed by atoms with Crippen LogP contribution in [0.3, 0.4) is 0 Å². The number of benzene rings is 4. The number of hydrogen-bond acceptors (Lipinski definition) is 6. The second-order valence-corrected chi connectivity index (χ2v) is 8.98. The van der Waals surface area contributed by atoms with Gasteiger partial charge in [0.25, 0.3) is 11.4 Å². The van der Waals surface area contributed by atoms with Gasteiger partial charge >= 0.3 is 0 Å². The second kappa shape index (κ2) is 11.3. The Labute approximate surface area is 213 Å². The molecule has 4 aromatic carbocycles. The summed E-state index contributed by atoms with van der Waals surface area (Å²) < 4.78 is 0. The summed E-state index contributed by atoms with van der Waals surface area (Å²) in [5, 5.41) is 42.5. The van der Waals surface area contributed by atoms with Crippen molar-refractivity contribution in [2.75, 3.05) is 0 Å². The molecular formula is C29H26N2O6. The minimum absolute atomic E-state index is 0.0377. The van der Waals surface area contributed by atoms with Crippen molar-refractivity contribution in [2.45, 2.75) is 32.1 Å². The van der Waals surface area contributed by atoms with E-state index >= 15 is 0 Å². The van der Waals surface area contributed by atoms with Gasteiger partial charge in [-0.15, -0.1) is 0 Å². The summed E-state index contributed by atoms with van der Waals surface area (Å²) in [6.45, 7) is 0. The van der Waals surface area contributed by atoms with Crippen LogP contribution in [0.25, 0.3) is 0 Å². The van der Waals surface area contributed by atoms with Crippen LogP contribution < -0.4 is 0 Å². The van der Waals surface area contributed by atoms with Gasteiger partial charge < -0.3 is 10.2 Å². The molecule has 0 spiro atoms. The Balaban J connectivity index is 1.30. The number of phenolic OH excluding ortho intramolecular Hbond substituents is 2. The van der Waals surface area contributed by atoms with E-state index in [0.29, 0.717) is 12.8 Å². The van der Waals surface area contributed by atoms with Crippen LogP contribution in [0.1, 0.15) is 39.8 Å². The first-order valence-electron chi connectivity index (χ1n) is 11.9. The topological polar surface area (TPSA) is 127 Å². The van der Waals surface area contributed by atoms with Gasteiger partial charge in [-0.2, -0.15) is 0 Å². The predicted octanol–water partition coefficient (Wildman–Crippen LogP) is 6.27. The molecule has 0 amide bonds. The third-order valence-electron chi connectivity index (χ3n) is 6.31. The lowest BCUT2D eigenvalue weighted by Crippen LogP contribution is -1.95. The van der Waals surface area contributed by atoms with Crippen molar-refractivity contribution in [3.8, 4) is 11.5 Å². The van der Waals surface area contributed by atoms with E-state index in [1.54, 1.807) is 36.4 Å². The SMILES string of the molecule is O=[N+]([O-])c1ccc(Cc2ccc(CCCc3ccc(Cc4ccc([N+](=O)[O-])cc4)c(O)c3)cc2O)cc1. The Morgan fingerprint density at radius 2 is 0.892 bits per heavy atom. The van der Waals surface area contributed by atoms with Gasteiger partial charge in [0.1, 0.15) is 11.5 Å². The van der Waals surface area contributed by atoms with Crippen molar-refractivity contribution in [3.05, 3.63) is 139 Å². The van der Waals surface area contributed by atoms with E-state index in [0.717, 1.165) is 52.6 Å². The fourth-order valence-corrected chi connectivity index (χ4v) is 4.24. The first-order chi connectivity index (χ1) is 17.8. The molecule has 37 heavy (non-hydrogen) atoms. The van der Waals surface area contributed by atoms with Gasteiger partial charge in [0.2, 0.25) is 0 Å². The van der Waals surface area contributed by atoms with Crippen molar-refractivity contribution in [1.82, 2.24) is 0 Å². The predicted molar refractivity (Wildman–Crippen MR) is 140 cm³/mol. The monoisotopic (exact) mass is 498 g/mol. The number of hydrogen-bond donors (Lipinski definition) is 2. The Hall–Kier alpha value is -4.72. The molecule has 0 bridgehead atoms. The maximum atomic E-state index is 10.8. The minimum Gasteiger partial charge on any atom is -0.508 e. The lowest BCUT2D eigenvalue weighted by atomic mass is 9.98. The largest absolute Gasteiger partial charge is 0.508 e. The highest BCUT2D eigenvalue weighted by Crippen LogP contribution is 2.26. The number of aromatic hydroxyl groups is 2. The molecule has 0 heterocycles. The lowest BCUT2D eigenvalue weighted by Gasteiger charge is -2.10. The molecule has 188 valence electrons. The average Bonchev–Trinajstić information content (AvgIpc) is 2.88. The van der Waals surface area contributed by atoms with Crippen LogP contribution in [0, 0.1) is 20.2 Å². The first-order valence-corrected chi connectivity index (χ1v) is 11.9. The van der Waals surface area contributed by atoms with E-state index in [-0.39, 0.29) is 22.9 Å². The Bertz CT molecular complexity index is 1310. The molecule has 0 saturated heterocycles. The van der Waals surface area contributed by atoms with Crippen molar-refractivity contribution in [2.24, 2.45) is 0 Å². The molecule has 8 heteroatoms. The summed E-state index contributed by atoms with van der Waals surface area (Å²) in [7, 11) is 0. The van der Waals surface area contributed by atoms with Gasteiger partial charge in [0.05, 0.1) is 9.85 Å². The molecule has 0 radical (unpaired) electrons. The Kier molecular flexibility index (Phi) is 7.78. The number of nitro benzene ring substituents is 2. The zero-order chi connectivity index (χ0) is 26.4. The molecule has 4 rings (SSSR count). The van der Waals surface area contributed by atoms with E-state index in [1.807, 2.05) is 24.3 Å². The molecule has 0 saturated carbocycles. The zero-order valence-electron chi connectivity index (χ0n) is 20.0. The smallest absolute Gasteiger partial charge is 0.269 e. The lowest BCUT2D eigenvalue weighted by molar-refractivity contribution is -0.385. The van der Waals surface area contributed by atoms with Crippen molar-refractivity contribution >= 4 is 11.4 Å². The van der Waals surface area contributed by atoms with Gasteiger partial charge in [-0.1, -0.05) is 48.5 Å². The van der Waals surface area contributed by atoms with E-state index in [1.165, 1.54) is 24.3 Å². The first kappa shape index (κ1) is 25.4. The van der Waals surface area contributed by atoms with Crippen LogP contribution in [0.2, 0.25) is 0 Å². The number of nitro groups is 2. The summed E-state index contributed by atoms with van der Waals surface area (Å²) >= 11 is 0. The standard InChI is InChI=1S/C29H26N2O6/c32-28-18-20(4-10-24(28)16-22-6-12-26(13-7-22)30(34)35)2-1-3-21-5-11-25(29(33)19-21)17-23-8-14-27(15-9-23)31(36)37/h4-15,18-19,32-33H,1-3,16-17H2. The number of phenols is 2. The zero-order valence-corrected chi connectivity index (χ0v) is 20.0. The van der Waals surface area contributed by atoms with E-state index in [2.05, 4.69) is 0 Å². The molecule has 4 aromatic rings. The summed E-state index contributed by atoms with van der Waals surface area (Å²) in [4.78, 5) is 20.7. The van der Waals surface area contributed by atoms with E-state index in [4.69, 9.17) is 0 Å². The summed E-state index contributed by atoms with van der Waals surface area (Å²) in [6.07, 6.45) is 3.32. The number of nitrogens with zero attached hydrogens (tertiary/aromatic N) is 2. The normalized spacial score (nSPS) is 10.8. The number of aryl methyl sites for hydroxylation is 2. The highest BCUT2D eigenvalue weighted by Gasteiger charge is 2.10. The molecule has 0 aliphatic rings. The molecule has 0 fully saturated rings. The molecule has 0 unspecified atom stereocenters. The average molecular weight is 499 g/mol. The molecule has 8 nitrogen and oxygen atoms in total. The Morgan fingerprint density at radius 1 is 0.541 bits per heavy atom. The molecule has 0 aliphatic heterocycles. The van der Waals surface area contributed by atoms with Gasteiger partial charge in [-0.3, -0.25) is 20.2 Å². The van der Waals surface area contributed by atoms with E-state index < -0.39 is 9.85 Å². The fourth-order valence-electron chi connectivity index (χ4n) is 4.24. The summed E-state index contributed by atoms with van der Waals surface area (Å²) in [5.41, 5.74) is 5.35. The third-order valence-corrected chi connectivity index (χ3v) is 6.31. The fraction of sp³-hybridized carbons (Fsp3) is 0.172. The van der Waals surface area contributed by atoms with Crippen molar-refractivity contribution in [3.63, 3.8) is 0 Å². The van der Waals surface area contributed by atoms with Crippen LogP contribution in [-0.2, 0) is 25.7 Å². The summed E-state index contributed by atoms with van der Waals surface area (Å²) in [5.74, 6) is 0.396. The maximum Gasteiger partial charge on any atom is 0.269 e. The third kappa shape index (κ3) is 6.70. The molecule has 0 aliphatic carbocycles. The molecule has 0 atom stereocenters. The van der Waals surface area contributed by atoms with Crippen LogP contribution in [0.15, 0.2) is 84.9 Å². The summed E-state index contributed by atoms with van der Waals surface area (Å²) in [6, 6.07) is 23.8. The van der Waals surface area contributed by atoms with Crippen LogP contribution >= 0.6 is 0 Å². The highest BCUT2D eigenvalue weighted by molar-refractivity contribution is 5.43. The Morgan fingerprint density at radius 3 is 1.22 bits per heavy atom. The molecule has 0 aromatic heterocycles. The van der Waals surface area contributed by atoms with Gasteiger partial charge in [-0.05, 0) is 64.8 Å². The maximum absolute atomic E-state index is 10.8. The highest BCUT2D eigenvalue weighted by atomic mass is 16.6. The number of non-ortho nitro benzene ring substituents is 2. The molecular weight excluding hydrogens is 472 g/mol.